The van der Waals surface area contributed by atoms with Crippen LogP contribution in [0.2, 0.25) is 0 Å². The summed E-state index contributed by atoms with van der Waals surface area (Å²) >= 11 is 0. The van der Waals surface area contributed by atoms with Gasteiger partial charge in [0.15, 0.2) is 0 Å². The van der Waals surface area contributed by atoms with E-state index in [1.165, 1.54) is 12.2 Å². The summed E-state index contributed by atoms with van der Waals surface area (Å²) in [7, 11) is 1.80. The van der Waals surface area contributed by atoms with Gasteiger partial charge in [-0.2, -0.15) is 5.10 Å². The first-order valence-electron chi connectivity index (χ1n) is 8.84. The van der Waals surface area contributed by atoms with E-state index in [-0.39, 0.29) is 17.7 Å². The van der Waals surface area contributed by atoms with Crippen molar-refractivity contribution in [2.45, 2.75) is 13.3 Å². The standard InChI is InChI=1S/C20H18FN5O2/c1-11-3-4-12(21)9-17(11)23-20(27)16-7-6-15(22-16)19-14-10-13(25-28)5-8-18(14)26(2)24-19/h4-11,22H,3H2,1-2H3,(H,23,27). The molecule has 0 spiro atoms. The van der Waals surface area contributed by atoms with Crippen LogP contribution in [0.3, 0.4) is 0 Å². The van der Waals surface area contributed by atoms with Crippen molar-refractivity contribution in [2.24, 2.45) is 18.1 Å². The number of amides is 1. The zero-order valence-corrected chi connectivity index (χ0v) is 15.4. The van der Waals surface area contributed by atoms with Gasteiger partial charge in [-0.1, -0.05) is 6.92 Å². The van der Waals surface area contributed by atoms with Crippen molar-refractivity contribution in [1.82, 2.24) is 20.1 Å². The lowest BCUT2D eigenvalue weighted by atomic mass is 9.98. The fourth-order valence-electron chi connectivity index (χ4n) is 3.30. The Morgan fingerprint density at radius 2 is 2.18 bits per heavy atom. The van der Waals surface area contributed by atoms with Gasteiger partial charge in [-0.3, -0.25) is 9.48 Å². The molecule has 0 radical (unpaired) electrons. The molecule has 7 nitrogen and oxygen atoms in total. The summed E-state index contributed by atoms with van der Waals surface area (Å²) in [6.45, 7) is 1.92. The minimum Gasteiger partial charge on any atom is -0.349 e. The lowest BCUT2D eigenvalue weighted by molar-refractivity contribution is 0.0957. The maximum absolute atomic E-state index is 13.5. The van der Waals surface area contributed by atoms with Crippen molar-refractivity contribution in [2.75, 3.05) is 0 Å². The second kappa shape index (κ2) is 6.88. The zero-order chi connectivity index (χ0) is 19.8. The predicted octanol–water partition coefficient (Wildman–Crippen LogP) is 4.47. The van der Waals surface area contributed by atoms with Crippen molar-refractivity contribution in [3.05, 3.63) is 64.6 Å². The summed E-state index contributed by atoms with van der Waals surface area (Å²) in [5.74, 6) is -0.665. The van der Waals surface area contributed by atoms with Crippen LogP contribution in [-0.2, 0) is 7.05 Å². The second-order valence-corrected chi connectivity index (χ2v) is 6.83. The highest BCUT2D eigenvalue weighted by Crippen LogP contribution is 2.30. The molecule has 0 saturated carbocycles. The number of carbonyl (C=O) groups excluding carboxylic acids is 1. The molecule has 8 heteroatoms. The van der Waals surface area contributed by atoms with Crippen LogP contribution in [-0.4, -0.2) is 20.7 Å². The van der Waals surface area contributed by atoms with Crippen LogP contribution < -0.4 is 5.32 Å². The van der Waals surface area contributed by atoms with Crippen molar-refractivity contribution < 1.29 is 9.18 Å². The number of H-pyrrole nitrogens is 1. The molecule has 1 unspecified atom stereocenters. The van der Waals surface area contributed by atoms with Gasteiger partial charge in [-0.25, -0.2) is 4.39 Å². The number of nitrogens with zero attached hydrogens (tertiary/aromatic N) is 3. The number of aromatic amines is 1. The van der Waals surface area contributed by atoms with Gasteiger partial charge in [-0.05, 0) is 60.0 Å². The Kier molecular flexibility index (Phi) is 4.38. The number of benzene rings is 1. The molecule has 28 heavy (non-hydrogen) atoms. The topological polar surface area (TPSA) is 92.1 Å². The number of aromatic nitrogens is 3. The van der Waals surface area contributed by atoms with Crippen LogP contribution in [0, 0.1) is 10.8 Å². The molecule has 1 aliphatic rings. The molecule has 1 amide bonds. The van der Waals surface area contributed by atoms with Crippen molar-refractivity contribution >= 4 is 22.5 Å². The number of allylic oxidation sites excluding steroid dienone is 4. The lowest BCUT2D eigenvalue weighted by Gasteiger charge is -2.18. The van der Waals surface area contributed by atoms with Crippen LogP contribution in [0.5, 0.6) is 0 Å². The molecule has 1 aliphatic carbocycles. The number of hydrogen-bond donors (Lipinski definition) is 2. The number of rotatable bonds is 4. The van der Waals surface area contributed by atoms with Gasteiger partial charge < -0.3 is 10.3 Å². The highest BCUT2D eigenvalue weighted by Gasteiger charge is 2.19. The fraction of sp³-hybridized carbons (Fsp3) is 0.200. The molecule has 3 aromatic rings. The molecule has 2 N–H and O–H groups in total. The number of carbonyl (C=O) groups is 1. The molecule has 2 aromatic heterocycles. The monoisotopic (exact) mass is 379 g/mol. The highest BCUT2D eigenvalue weighted by atomic mass is 19.1. The summed E-state index contributed by atoms with van der Waals surface area (Å²) in [5, 5.41) is 11.0. The Balaban J connectivity index is 1.65. The maximum atomic E-state index is 13.5. The highest BCUT2D eigenvalue weighted by molar-refractivity contribution is 5.97. The number of hydrogen-bond acceptors (Lipinski definition) is 4. The number of nitrogens with one attached hydrogen (secondary N) is 2. The van der Waals surface area contributed by atoms with Gasteiger partial charge in [0.1, 0.15) is 22.9 Å². The van der Waals surface area contributed by atoms with Gasteiger partial charge >= 0.3 is 0 Å². The Morgan fingerprint density at radius 3 is 2.96 bits per heavy atom. The summed E-state index contributed by atoms with van der Waals surface area (Å²) in [4.78, 5) is 26.5. The maximum Gasteiger partial charge on any atom is 0.271 e. The molecule has 1 aromatic carbocycles. The third-order valence-electron chi connectivity index (χ3n) is 4.87. The second-order valence-electron chi connectivity index (χ2n) is 6.83. The third-order valence-corrected chi connectivity index (χ3v) is 4.87. The van der Waals surface area contributed by atoms with Crippen LogP contribution in [0.15, 0.2) is 59.2 Å². The first-order valence-corrected chi connectivity index (χ1v) is 8.84. The Bertz CT molecular complexity index is 1150. The van der Waals surface area contributed by atoms with Crippen LogP contribution in [0.4, 0.5) is 10.1 Å². The van der Waals surface area contributed by atoms with Crippen LogP contribution in [0.25, 0.3) is 22.3 Å². The van der Waals surface area contributed by atoms with E-state index >= 15 is 0 Å². The van der Waals surface area contributed by atoms with E-state index in [1.807, 2.05) is 6.92 Å². The molecule has 0 aliphatic heterocycles. The summed E-state index contributed by atoms with van der Waals surface area (Å²) in [6.07, 6.45) is 3.39. The fourth-order valence-corrected chi connectivity index (χ4v) is 3.30. The number of fused-ring (bicyclic) bond motifs is 1. The average Bonchev–Trinajstić information content (AvgIpc) is 3.29. The molecule has 0 bridgehead atoms. The number of nitroso groups, excluding NO2 is 1. The van der Waals surface area contributed by atoms with E-state index in [0.29, 0.717) is 34.9 Å². The van der Waals surface area contributed by atoms with Gasteiger partial charge in [0.05, 0.1) is 11.2 Å². The van der Waals surface area contributed by atoms with Gasteiger partial charge in [0.25, 0.3) is 5.91 Å². The summed E-state index contributed by atoms with van der Waals surface area (Å²) in [6, 6.07) is 8.46. The molecule has 142 valence electrons. The largest absolute Gasteiger partial charge is 0.349 e. The molecule has 0 fully saturated rings. The number of halogens is 1. The van der Waals surface area contributed by atoms with Gasteiger partial charge in [0.2, 0.25) is 0 Å². The first kappa shape index (κ1) is 17.8. The molecular formula is C20H18FN5O2. The molecule has 2 heterocycles. The first-order chi connectivity index (χ1) is 13.5. The van der Waals surface area contributed by atoms with Crippen molar-refractivity contribution in [3.63, 3.8) is 0 Å². The molecular weight excluding hydrogens is 361 g/mol. The smallest absolute Gasteiger partial charge is 0.271 e. The normalized spacial score (nSPS) is 16.6. The van der Waals surface area contributed by atoms with Crippen molar-refractivity contribution in [3.8, 4) is 11.4 Å². The average molecular weight is 379 g/mol. The van der Waals surface area contributed by atoms with Gasteiger partial charge in [-0.15, -0.1) is 4.91 Å². The minimum atomic E-state index is -0.352. The summed E-state index contributed by atoms with van der Waals surface area (Å²) < 4.78 is 15.2. The van der Waals surface area contributed by atoms with E-state index in [0.717, 1.165) is 10.9 Å². The molecule has 0 saturated heterocycles. The van der Waals surface area contributed by atoms with Crippen LogP contribution in [0.1, 0.15) is 23.8 Å². The quantitative estimate of drug-likeness (QED) is 0.655. The van der Waals surface area contributed by atoms with Gasteiger partial charge in [0, 0.05) is 18.1 Å². The SMILES string of the molecule is CC1CC=C(F)C=C1NC(=O)c1ccc(-c2nn(C)c3ccc(N=O)cc23)[nH]1. The molecule has 1 atom stereocenters. The number of aryl methyl sites for hydroxylation is 1. The van der Waals surface area contributed by atoms with E-state index in [4.69, 9.17) is 0 Å². The third kappa shape index (κ3) is 3.13. The minimum absolute atomic E-state index is 0.0341. The van der Waals surface area contributed by atoms with E-state index in [2.05, 4.69) is 20.6 Å². The lowest BCUT2D eigenvalue weighted by Crippen LogP contribution is -2.27. The van der Waals surface area contributed by atoms with Crippen molar-refractivity contribution in [1.29, 1.82) is 0 Å². The Morgan fingerprint density at radius 1 is 1.36 bits per heavy atom. The summed E-state index contributed by atoms with van der Waals surface area (Å²) in [5.41, 5.74) is 3.27. The van der Waals surface area contributed by atoms with Crippen LogP contribution >= 0.6 is 0 Å². The zero-order valence-electron chi connectivity index (χ0n) is 15.4. The Hall–Kier alpha value is -3.55. The Labute approximate surface area is 159 Å². The molecule has 4 rings (SSSR count). The van der Waals surface area contributed by atoms with E-state index in [9.17, 15) is 14.1 Å². The van der Waals surface area contributed by atoms with E-state index in [1.54, 1.807) is 42.1 Å². The van der Waals surface area contributed by atoms with E-state index < -0.39 is 0 Å². The predicted molar refractivity (Wildman–Crippen MR) is 104 cm³/mol.